The molecule has 2 fully saturated rings. The molecule has 2 aliphatic rings. The molecule has 0 N–H and O–H groups in total. The maximum absolute atomic E-state index is 12.2. The van der Waals surface area contributed by atoms with Crippen LogP contribution >= 0.6 is 0 Å². The molecule has 2 atom stereocenters. The summed E-state index contributed by atoms with van der Waals surface area (Å²) in [4.78, 5) is 28.4. The Morgan fingerprint density at radius 1 is 1.10 bits per heavy atom. The first-order valence-corrected chi connectivity index (χ1v) is 10.4. The van der Waals surface area contributed by atoms with Crippen LogP contribution in [-0.4, -0.2) is 68.1 Å². The summed E-state index contributed by atoms with van der Waals surface area (Å²) in [6, 6.07) is 8.31. The van der Waals surface area contributed by atoms with Gasteiger partial charge < -0.3 is 24.0 Å². The third kappa shape index (κ3) is 5.41. The molecular weight excluding hydrogens is 372 g/mol. The van der Waals surface area contributed by atoms with Gasteiger partial charge in [0.25, 0.3) is 0 Å². The Hall–Kier alpha value is -2.28. The minimum absolute atomic E-state index is 0.0344. The highest BCUT2D eigenvalue weighted by Gasteiger charge is 2.36. The van der Waals surface area contributed by atoms with Gasteiger partial charge in [0.05, 0.1) is 6.61 Å². The molecule has 0 saturated carbocycles. The Kier molecular flexibility index (Phi) is 6.67. The first-order valence-electron chi connectivity index (χ1n) is 10.4. The highest BCUT2D eigenvalue weighted by atomic mass is 16.6. The van der Waals surface area contributed by atoms with Crippen molar-refractivity contribution in [2.45, 2.75) is 51.7 Å². The van der Waals surface area contributed by atoms with Crippen LogP contribution in [0.2, 0.25) is 0 Å². The molecule has 0 unspecified atom stereocenters. The summed E-state index contributed by atoms with van der Waals surface area (Å²) in [7, 11) is 0. The van der Waals surface area contributed by atoms with Crippen molar-refractivity contribution in [1.82, 2.24) is 4.90 Å². The lowest BCUT2D eigenvalue weighted by molar-refractivity contribution is -0.154. The van der Waals surface area contributed by atoms with Gasteiger partial charge in [0, 0.05) is 44.4 Å². The van der Waals surface area contributed by atoms with Crippen molar-refractivity contribution >= 4 is 17.7 Å². The average Bonchev–Trinajstić information content (AvgIpc) is 3.17. The summed E-state index contributed by atoms with van der Waals surface area (Å²) in [6.07, 6.45) is 0.0501. The van der Waals surface area contributed by atoms with Crippen LogP contribution in [0.15, 0.2) is 24.3 Å². The van der Waals surface area contributed by atoms with E-state index in [0.29, 0.717) is 26.3 Å². The fraction of sp³-hybridized carbons (Fsp3) is 0.636. The van der Waals surface area contributed by atoms with Gasteiger partial charge in [0.1, 0.15) is 5.60 Å². The van der Waals surface area contributed by atoms with Gasteiger partial charge >= 0.3 is 12.1 Å². The SMILES string of the molecule is CCOC(=O)[C@@H]1OCC[C@@H]1c1ccc(N2CCN(C(=O)OC(C)(C)C)CC2)cc1. The zero-order valence-corrected chi connectivity index (χ0v) is 17.8. The van der Waals surface area contributed by atoms with Crippen LogP contribution < -0.4 is 4.90 Å². The summed E-state index contributed by atoms with van der Waals surface area (Å²) >= 11 is 0. The van der Waals surface area contributed by atoms with Gasteiger partial charge in [-0.1, -0.05) is 12.1 Å². The predicted octanol–water partition coefficient (Wildman–Crippen LogP) is 3.18. The molecule has 2 aliphatic heterocycles. The first-order chi connectivity index (χ1) is 13.8. The second-order valence-corrected chi connectivity index (χ2v) is 8.48. The van der Waals surface area contributed by atoms with E-state index in [2.05, 4.69) is 29.2 Å². The molecule has 7 nitrogen and oxygen atoms in total. The van der Waals surface area contributed by atoms with E-state index >= 15 is 0 Å². The van der Waals surface area contributed by atoms with Gasteiger partial charge in [-0.05, 0) is 51.8 Å². The van der Waals surface area contributed by atoms with Crippen LogP contribution in [0.4, 0.5) is 10.5 Å². The van der Waals surface area contributed by atoms with Gasteiger partial charge in [-0.15, -0.1) is 0 Å². The number of hydrogen-bond acceptors (Lipinski definition) is 6. The van der Waals surface area contributed by atoms with Crippen LogP contribution in [0, 0.1) is 0 Å². The van der Waals surface area contributed by atoms with Crippen LogP contribution in [-0.2, 0) is 19.0 Å². The van der Waals surface area contributed by atoms with E-state index in [0.717, 1.165) is 30.8 Å². The standard InChI is InChI=1S/C22H32N2O5/c1-5-27-20(25)19-18(10-15-28-19)16-6-8-17(9-7-16)23-11-13-24(14-12-23)21(26)29-22(2,3)4/h6-9,18-19H,5,10-15H2,1-4H3/t18-,19-/m1/s1. The highest BCUT2D eigenvalue weighted by Crippen LogP contribution is 2.33. The van der Waals surface area contributed by atoms with Gasteiger partial charge in [-0.2, -0.15) is 0 Å². The van der Waals surface area contributed by atoms with Gasteiger partial charge in [0.2, 0.25) is 0 Å². The van der Waals surface area contributed by atoms with Crippen LogP contribution in [0.25, 0.3) is 0 Å². The summed E-state index contributed by atoms with van der Waals surface area (Å²) in [6.45, 7) is 11.2. The maximum atomic E-state index is 12.2. The number of amides is 1. The molecule has 0 radical (unpaired) electrons. The number of piperazine rings is 1. The second kappa shape index (κ2) is 9.03. The van der Waals surface area contributed by atoms with E-state index < -0.39 is 11.7 Å². The molecule has 0 aliphatic carbocycles. The number of carbonyl (C=O) groups is 2. The molecule has 0 bridgehead atoms. The Balaban J connectivity index is 1.57. The molecule has 1 amide bonds. The van der Waals surface area contributed by atoms with E-state index in [1.165, 1.54) is 0 Å². The third-order valence-electron chi connectivity index (χ3n) is 5.23. The summed E-state index contributed by atoms with van der Waals surface area (Å²) in [5, 5.41) is 0. The Labute approximate surface area is 172 Å². The normalized spacial score (nSPS) is 22.5. The number of carbonyl (C=O) groups excluding carboxylic acids is 2. The van der Waals surface area contributed by atoms with E-state index in [9.17, 15) is 9.59 Å². The van der Waals surface area contributed by atoms with E-state index in [4.69, 9.17) is 14.2 Å². The van der Waals surface area contributed by atoms with Gasteiger partial charge in [-0.3, -0.25) is 0 Å². The van der Waals surface area contributed by atoms with Crippen molar-refractivity contribution in [2.24, 2.45) is 0 Å². The largest absolute Gasteiger partial charge is 0.464 e. The number of nitrogens with zero attached hydrogens (tertiary/aromatic N) is 2. The summed E-state index contributed by atoms with van der Waals surface area (Å²) < 4.78 is 16.2. The zero-order chi connectivity index (χ0) is 21.0. The number of ether oxygens (including phenoxy) is 3. The molecule has 7 heteroatoms. The Morgan fingerprint density at radius 3 is 2.34 bits per heavy atom. The molecule has 160 valence electrons. The number of rotatable bonds is 4. The number of benzene rings is 1. The zero-order valence-electron chi connectivity index (χ0n) is 17.8. The van der Waals surface area contributed by atoms with Crippen LogP contribution in [0.1, 0.15) is 45.6 Å². The maximum Gasteiger partial charge on any atom is 0.410 e. The lowest BCUT2D eigenvalue weighted by atomic mass is 9.92. The minimum atomic E-state index is -0.516. The smallest absolute Gasteiger partial charge is 0.410 e. The monoisotopic (exact) mass is 404 g/mol. The first kappa shape index (κ1) is 21.4. The molecule has 0 spiro atoms. The highest BCUT2D eigenvalue weighted by molar-refractivity contribution is 5.76. The van der Waals surface area contributed by atoms with Crippen molar-refractivity contribution < 1.29 is 23.8 Å². The molecule has 2 heterocycles. The topological polar surface area (TPSA) is 68.3 Å². The molecule has 3 rings (SSSR count). The molecular formula is C22H32N2O5. The van der Waals surface area contributed by atoms with Crippen molar-refractivity contribution in [3.05, 3.63) is 29.8 Å². The molecule has 2 saturated heterocycles. The fourth-order valence-corrected chi connectivity index (χ4v) is 3.79. The van der Waals surface area contributed by atoms with E-state index in [1.807, 2.05) is 20.8 Å². The van der Waals surface area contributed by atoms with Crippen LogP contribution in [0.5, 0.6) is 0 Å². The van der Waals surface area contributed by atoms with Crippen molar-refractivity contribution in [3.8, 4) is 0 Å². The van der Waals surface area contributed by atoms with E-state index in [-0.39, 0.29) is 18.0 Å². The fourth-order valence-electron chi connectivity index (χ4n) is 3.79. The third-order valence-corrected chi connectivity index (χ3v) is 5.23. The van der Waals surface area contributed by atoms with Crippen molar-refractivity contribution in [1.29, 1.82) is 0 Å². The predicted molar refractivity (Wildman–Crippen MR) is 110 cm³/mol. The lowest BCUT2D eigenvalue weighted by Gasteiger charge is -2.36. The second-order valence-electron chi connectivity index (χ2n) is 8.48. The van der Waals surface area contributed by atoms with Gasteiger partial charge in [0.15, 0.2) is 6.10 Å². The molecule has 1 aromatic carbocycles. The number of hydrogen-bond donors (Lipinski definition) is 0. The number of anilines is 1. The van der Waals surface area contributed by atoms with Crippen molar-refractivity contribution in [3.63, 3.8) is 0 Å². The summed E-state index contributed by atoms with van der Waals surface area (Å²) in [5.74, 6) is -0.246. The minimum Gasteiger partial charge on any atom is -0.464 e. The molecule has 29 heavy (non-hydrogen) atoms. The molecule has 1 aromatic rings. The van der Waals surface area contributed by atoms with E-state index in [1.54, 1.807) is 11.8 Å². The summed E-state index contributed by atoms with van der Waals surface area (Å²) in [5.41, 5.74) is 1.73. The Morgan fingerprint density at radius 2 is 1.76 bits per heavy atom. The Bertz CT molecular complexity index is 705. The quantitative estimate of drug-likeness (QED) is 0.718. The van der Waals surface area contributed by atoms with Crippen molar-refractivity contribution in [2.75, 3.05) is 44.3 Å². The van der Waals surface area contributed by atoms with Crippen LogP contribution in [0.3, 0.4) is 0 Å². The van der Waals surface area contributed by atoms with Gasteiger partial charge in [-0.25, -0.2) is 9.59 Å². The molecule has 0 aromatic heterocycles. The number of esters is 1. The lowest BCUT2D eigenvalue weighted by Crippen LogP contribution is -2.50. The average molecular weight is 405 g/mol.